The van der Waals surface area contributed by atoms with Gasteiger partial charge in [-0.15, -0.1) is 11.3 Å². The quantitative estimate of drug-likeness (QED) is 0.892. The van der Waals surface area contributed by atoms with Crippen LogP contribution in [-0.2, 0) is 23.1 Å². The third-order valence-electron chi connectivity index (χ3n) is 2.06. The van der Waals surface area contributed by atoms with E-state index in [0.29, 0.717) is 12.3 Å². The van der Waals surface area contributed by atoms with E-state index >= 15 is 0 Å². The molecule has 1 unspecified atom stereocenters. The van der Waals surface area contributed by atoms with Crippen LogP contribution in [0.2, 0.25) is 0 Å². The minimum atomic E-state index is -0.990. The highest BCUT2D eigenvalue weighted by atomic mass is 32.2. The molecule has 0 amide bonds. The standard InChI is InChI=1S/C11H13NO2S2/c1-12-7-9-4-5-10(14-9)8-16(13)11-3-2-6-15-11/h2-6,12H,7-8H2,1H3. The normalized spacial score (nSPS) is 12.8. The zero-order chi connectivity index (χ0) is 11.4. The molecule has 0 spiro atoms. The van der Waals surface area contributed by atoms with Gasteiger partial charge in [0.1, 0.15) is 11.5 Å². The molecule has 0 aromatic carbocycles. The molecule has 0 radical (unpaired) electrons. The third kappa shape index (κ3) is 2.81. The van der Waals surface area contributed by atoms with Gasteiger partial charge in [0, 0.05) is 0 Å². The molecule has 2 heterocycles. The highest BCUT2D eigenvalue weighted by Gasteiger charge is 2.09. The van der Waals surface area contributed by atoms with Gasteiger partial charge < -0.3 is 9.73 Å². The molecule has 0 bridgehead atoms. The Morgan fingerprint density at radius 2 is 2.19 bits per heavy atom. The summed E-state index contributed by atoms with van der Waals surface area (Å²) in [7, 11) is 0.878. The lowest BCUT2D eigenvalue weighted by molar-refractivity contribution is 0.467. The van der Waals surface area contributed by atoms with E-state index in [4.69, 9.17) is 4.42 Å². The van der Waals surface area contributed by atoms with E-state index in [2.05, 4.69) is 5.32 Å². The summed E-state index contributed by atoms with van der Waals surface area (Å²) in [6.07, 6.45) is 0. The van der Waals surface area contributed by atoms with Gasteiger partial charge in [0.25, 0.3) is 0 Å². The molecular weight excluding hydrogens is 242 g/mol. The molecule has 3 nitrogen and oxygen atoms in total. The summed E-state index contributed by atoms with van der Waals surface area (Å²) in [6.45, 7) is 0.700. The fourth-order valence-corrected chi connectivity index (χ4v) is 3.37. The minimum absolute atomic E-state index is 0.449. The lowest BCUT2D eigenvalue weighted by Gasteiger charge is -1.96. The number of furan rings is 1. The number of hydrogen-bond donors (Lipinski definition) is 1. The van der Waals surface area contributed by atoms with Crippen LogP contribution in [0.25, 0.3) is 0 Å². The molecule has 1 atom stereocenters. The number of thiophene rings is 1. The molecule has 2 aromatic rings. The zero-order valence-electron chi connectivity index (χ0n) is 8.93. The van der Waals surface area contributed by atoms with Crippen molar-refractivity contribution in [3.63, 3.8) is 0 Å². The van der Waals surface area contributed by atoms with Crippen LogP contribution in [0.15, 0.2) is 38.3 Å². The molecule has 16 heavy (non-hydrogen) atoms. The molecule has 0 aliphatic carbocycles. The molecule has 1 N–H and O–H groups in total. The number of rotatable bonds is 5. The van der Waals surface area contributed by atoms with E-state index in [-0.39, 0.29) is 0 Å². The molecule has 0 fully saturated rings. The van der Waals surface area contributed by atoms with Crippen LogP contribution < -0.4 is 5.32 Å². The van der Waals surface area contributed by atoms with Gasteiger partial charge in [-0.25, -0.2) is 0 Å². The average Bonchev–Trinajstić information content (AvgIpc) is 2.89. The third-order valence-corrected chi connectivity index (χ3v) is 4.70. The first-order chi connectivity index (χ1) is 7.79. The highest BCUT2D eigenvalue weighted by Crippen LogP contribution is 2.18. The van der Waals surface area contributed by atoms with Gasteiger partial charge in [0.15, 0.2) is 0 Å². The predicted octanol–water partition coefficient (Wildman–Crippen LogP) is 2.37. The molecule has 0 aliphatic heterocycles. The molecule has 2 aromatic heterocycles. The van der Waals surface area contributed by atoms with Crippen molar-refractivity contribution in [2.75, 3.05) is 7.05 Å². The van der Waals surface area contributed by atoms with Crippen LogP contribution >= 0.6 is 11.3 Å². The Hall–Kier alpha value is -0.910. The van der Waals surface area contributed by atoms with Crippen LogP contribution in [0.1, 0.15) is 11.5 Å². The summed E-state index contributed by atoms with van der Waals surface area (Å²) >= 11 is 1.51. The maximum absolute atomic E-state index is 11.9. The molecule has 0 saturated heterocycles. The van der Waals surface area contributed by atoms with Gasteiger partial charge in [0.05, 0.1) is 27.3 Å². The van der Waals surface area contributed by atoms with Crippen LogP contribution in [0, 0.1) is 0 Å². The Bertz CT molecular complexity index is 462. The maximum atomic E-state index is 11.9. The monoisotopic (exact) mass is 255 g/mol. The number of hydrogen-bond acceptors (Lipinski definition) is 4. The largest absolute Gasteiger partial charge is 0.464 e. The van der Waals surface area contributed by atoms with Crippen molar-refractivity contribution in [2.45, 2.75) is 16.5 Å². The first-order valence-electron chi connectivity index (χ1n) is 4.93. The maximum Gasteiger partial charge on any atom is 0.117 e. The van der Waals surface area contributed by atoms with Crippen molar-refractivity contribution in [3.8, 4) is 0 Å². The summed E-state index contributed by atoms with van der Waals surface area (Å²) in [5.74, 6) is 2.10. The highest BCUT2D eigenvalue weighted by molar-refractivity contribution is 7.86. The van der Waals surface area contributed by atoms with E-state index in [0.717, 1.165) is 15.7 Å². The predicted molar refractivity (Wildman–Crippen MR) is 65.9 cm³/mol. The topological polar surface area (TPSA) is 42.2 Å². The summed E-state index contributed by atoms with van der Waals surface area (Å²) in [6, 6.07) is 7.60. The van der Waals surface area contributed by atoms with Gasteiger partial charge in [-0.3, -0.25) is 4.21 Å². The van der Waals surface area contributed by atoms with Gasteiger partial charge in [-0.1, -0.05) is 6.07 Å². The summed E-state index contributed by atoms with van der Waals surface area (Å²) < 4.78 is 18.3. The Kier molecular flexibility index (Phi) is 3.93. The molecule has 2 rings (SSSR count). The van der Waals surface area contributed by atoms with Gasteiger partial charge in [-0.05, 0) is 30.6 Å². The van der Waals surface area contributed by atoms with E-state index < -0.39 is 10.8 Å². The second-order valence-electron chi connectivity index (χ2n) is 3.32. The summed E-state index contributed by atoms with van der Waals surface area (Å²) in [4.78, 5) is 0. The van der Waals surface area contributed by atoms with Gasteiger partial charge in [0.2, 0.25) is 0 Å². The van der Waals surface area contributed by atoms with Crippen molar-refractivity contribution in [3.05, 3.63) is 41.2 Å². The zero-order valence-corrected chi connectivity index (χ0v) is 10.6. The summed E-state index contributed by atoms with van der Waals surface area (Å²) in [5, 5.41) is 4.94. The first-order valence-corrected chi connectivity index (χ1v) is 7.13. The minimum Gasteiger partial charge on any atom is -0.464 e. The lowest BCUT2D eigenvalue weighted by Crippen LogP contribution is -2.03. The van der Waals surface area contributed by atoms with Crippen LogP contribution in [-0.4, -0.2) is 11.3 Å². The molecular formula is C11H13NO2S2. The Labute approximate surface area is 101 Å². The second-order valence-corrected chi connectivity index (χ2v) is 5.95. The molecule has 86 valence electrons. The Morgan fingerprint density at radius 3 is 2.88 bits per heavy atom. The van der Waals surface area contributed by atoms with E-state index in [9.17, 15) is 4.21 Å². The van der Waals surface area contributed by atoms with Gasteiger partial charge >= 0.3 is 0 Å². The average molecular weight is 255 g/mol. The first kappa shape index (κ1) is 11.6. The van der Waals surface area contributed by atoms with Crippen molar-refractivity contribution < 1.29 is 8.63 Å². The Balaban J connectivity index is 2.01. The van der Waals surface area contributed by atoms with E-state index in [1.54, 1.807) is 0 Å². The fourth-order valence-electron chi connectivity index (χ4n) is 1.36. The van der Waals surface area contributed by atoms with Crippen molar-refractivity contribution >= 4 is 22.1 Å². The Morgan fingerprint density at radius 1 is 1.38 bits per heavy atom. The van der Waals surface area contributed by atoms with Crippen molar-refractivity contribution in [1.29, 1.82) is 0 Å². The second kappa shape index (κ2) is 5.43. The summed E-state index contributed by atoms with van der Waals surface area (Å²) in [5.41, 5.74) is 0. The SMILES string of the molecule is CNCc1ccc(CS(=O)c2cccs2)o1. The van der Waals surface area contributed by atoms with Crippen molar-refractivity contribution in [1.82, 2.24) is 5.32 Å². The molecule has 0 saturated carbocycles. The van der Waals surface area contributed by atoms with E-state index in [1.165, 1.54) is 11.3 Å². The van der Waals surface area contributed by atoms with E-state index in [1.807, 2.05) is 36.7 Å². The van der Waals surface area contributed by atoms with Crippen molar-refractivity contribution in [2.24, 2.45) is 0 Å². The molecule has 0 aliphatic rings. The van der Waals surface area contributed by atoms with Crippen LogP contribution in [0.5, 0.6) is 0 Å². The van der Waals surface area contributed by atoms with Crippen LogP contribution in [0.4, 0.5) is 0 Å². The number of nitrogens with one attached hydrogen (secondary N) is 1. The van der Waals surface area contributed by atoms with Crippen LogP contribution in [0.3, 0.4) is 0 Å². The lowest BCUT2D eigenvalue weighted by atomic mass is 10.4. The molecule has 5 heteroatoms. The smallest absolute Gasteiger partial charge is 0.117 e. The van der Waals surface area contributed by atoms with Gasteiger partial charge in [-0.2, -0.15) is 0 Å². The fraction of sp³-hybridized carbons (Fsp3) is 0.273.